The Kier molecular flexibility index (Phi) is 2.61. The zero-order valence-corrected chi connectivity index (χ0v) is 9.78. The first-order valence-corrected chi connectivity index (χ1v) is 5.73. The molecule has 4 nitrogen and oxygen atoms in total. The van der Waals surface area contributed by atoms with Gasteiger partial charge in [0.2, 0.25) is 0 Å². The van der Waals surface area contributed by atoms with Gasteiger partial charge in [-0.1, -0.05) is 18.2 Å². The number of aromatic nitrogens is 2. The smallest absolute Gasteiger partial charge is 0.142 e. The summed E-state index contributed by atoms with van der Waals surface area (Å²) in [6.45, 7) is 0.413. The molecule has 2 heterocycles. The van der Waals surface area contributed by atoms with Crippen molar-refractivity contribution in [2.45, 2.75) is 6.61 Å². The van der Waals surface area contributed by atoms with Crippen LogP contribution in [-0.4, -0.2) is 9.38 Å². The molecule has 1 aromatic carbocycles. The number of nitrogen functional groups attached to an aromatic ring is 1. The summed E-state index contributed by atoms with van der Waals surface area (Å²) < 4.78 is 7.62. The molecule has 0 spiro atoms. The fraction of sp³-hybridized carbons (Fsp3) is 0.0714. The largest absolute Gasteiger partial charge is 0.485 e. The third-order valence-corrected chi connectivity index (χ3v) is 2.71. The van der Waals surface area contributed by atoms with Crippen molar-refractivity contribution >= 4 is 11.3 Å². The maximum absolute atomic E-state index is 5.81. The van der Waals surface area contributed by atoms with Crippen LogP contribution < -0.4 is 10.5 Å². The van der Waals surface area contributed by atoms with Gasteiger partial charge >= 0.3 is 0 Å². The third kappa shape index (κ3) is 2.00. The van der Waals surface area contributed by atoms with Gasteiger partial charge in [0, 0.05) is 12.4 Å². The van der Waals surface area contributed by atoms with Crippen molar-refractivity contribution in [3.8, 4) is 5.75 Å². The summed E-state index contributed by atoms with van der Waals surface area (Å²) in [4.78, 5) is 4.45. The second kappa shape index (κ2) is 4.41. The first kappa shape index (κ1) is 10.7. The highest BCUT2D eigenvalue weighted by Crippen LogP contribution is 2.20. The molecule has 0 saturated carbocycles. The Labute approximate surface area is 105 Å². The summed E-state index contributed by atoms with van der Waals surface area (Å²) in [7, 11) is 0. The van der Waals surface area contributed by atoms with Crippen molar-refractivity contribution in [2.24, 2.45) is 0 Å². The van der Waals surface area contributed by atoms with E-state index < -0.39 is 0 Å². The number of benzene rings is 1. The van der Waals surface area contributed by atoms with Crippen LogP contribution in [0.5, 0.6) is 5.75 Å². The van der Waals surface area contributed by atoms with Crippen LogP contribution in [0.4, 0.5) is 5.69 Å². The number of nitrogens with two attached hydrogens (primary N) is 1. The summed E-state index contributed by atoms with van der Waals surface area (Å²) in [5.41, 5.74) is 8.24. The first-order chi connectivity index (χ1) is 8.83. The standard InChI is InChI=1S/C14H13N3O/c15-12-5-1-2-6-13(12)18-10-11-9-17-8-4-3-7-14(17)16-11/h1-9H,10,15H2. The molecule has 90 valence electrons. The Bertz CT molecular complexity index is 642. The lowest BCUT2D eigenvalue weighted by atomic mass is 10.3. The Balaban J connectivity index is 1.79. The van der Waals surface area contributed by atoms with Crippen LogP contribution in [0.15, 0.2) is 54.9 Å². The lowest BCUT2D eigenvalue weighted by Gasteiger charge is -2.06. The molecule has 4 heteroatoms. The molecule has 0 atom stereocenters. The maximum Gasteiger partial charge on any atom is 0.142 e. The minimum atomic E-state index is 0.413. The van der Waals surface area contributed by atoms with Gasteiger partial charge in [-0.05, 0) is 24.3 Å². The van der Waals surface area contributed by atoms with E-state index in [9.17, 15) is 0 Å². The predicted molar refractivity (Wildman–Crippen MR) is 70.4 cm³/mol. The molecule has 3 rings (SSSR count). The molecule has 0 saturated heterocycles. The minimum absolute atomic E-state index is 0.413. The molecular formula is C14H13N3O. The summed E-state index contributed by atoms with van der Waals surface area (Å²) in [5, 5.41) is 0. The molecule has 0 aliphatic heterocycles. The SMILES string of the molecule is Nc1ccccc1OCc1cn2ccccc2n1. The van der Waals surface area contributed by atoms with E-state index in [4.69, 9.17) is 10.5 Å². The number of fused-ring (bicyclic) bond motifs is 1. The topological polar surface area (TPSA) is 52.5 Å². The van der Waals surface area contributed by atoms with Gasteiger partial charge in [-0.3, -0.25) is 0 Å². The number of pyridine rings is 1. The lowest BCUT2D eigenvalue weighted by Crippen LogP contribution is -1.98. The Hall–Kier alpha value is -2.49. The van der Waals surface area contributed by atoms with E-state index >= 15 is 0 Å². The van der Waals surface area contributed by atoms with Crippen LogP contribution >= 0.6 is 0 Å². The van der Waals surface area contributed by atoms with Crippen molar-refractivity contribution in [3.63, 3.8) is 0 Å². The van der Waals surface area contributed by atoms with E-state index in [0.29, 0.717) is 18.0 Å². The molecule has 18 heavy (non-hydrogen) atoms. The lowest BCUT2D eigenvalue weighted by molar-refractivity contribution is 0.304. The summed E-state index contributed by atoms with van der Waals surface area (Å²) in [6.07, 6.45) is 3.91. The maximum atomic E-state index is 5.81. The van der Waals surface area contributed by atoms with E-state index in [0.717, 1.165) is 11.3 Å². The van der Waals surface area contributed by atoms with Gasteiger partial charge in [0.15, 0.2) is 0 Å². The van der Waals surface area contributed by atoms with Gasteiger partial charge < -0.3 is 14.9 Å². The molecule has 0 aliphatic carbocycles. The quantitative estimate of drug-likeness (QED) is 0.714. The third-order valence-electron chi connectivity index (χ3n) is 2.71. The highest BCUT2D eigenvalue weighted by molar-refractivity contribution is 5.51. The van der Waals surface area contributed by atoms with Crippen LogP contribution in [0.1, 0.15) is 5.69 Å². The highest BCUT2D eigenvalue weighted by Gasteiger charge is 2.03. The van der Waals surface area contributed by atoms with Crippen molar-refractivity contribution in [3.05, 3.63) is 60.6 Å². The molecule has 0 radical (unpaired) electrons. The molecule has 0 fully saturated rings. The van der Waals surface area contributed by atoms with Crippen LogP contribution in [0, 0.1) is 0 Å². The second-order valence-electron chi connectivity index (χ2n) is 4.02. The second-order valence-corrected chi connectivity index (χ2v) is 4.02. The average molecular weight is 239 g/mol. The van der Waals surface area contributed by atoms with Crippen molar-refractivity contribution < 1.29 is 4.74 Å². The van der Waals surface area contributed by atoms with E-state index in [1.807, 2.05) is 59.3 Å². The zero-order valence-electron chi connectivity index (χ0n) is 9.78. The summed E-state index contributed by atoms with van der Waals surface area (Å²) in [6, 6.07) is 13.3. The molecule has 0 unspecified atom stereocenters. The molecule has 0 aliphatic rings. The Morgan fingerprint density at radius 2 is 1.94 bits per heavy atom. The summed E-state index contributed by atoms with van der Waals surface area (Å²) in [5.74, 6) is 0.689. The van der Waals surface area contributed by atoms with Gasteiger partial charge in [-0.2, -0.15) is 0 Å². The van der Waals surface area contributed by atoms with E-state index in [-0.39, 0.29) is 0 Å². The predicted octanol–water partition coefficient (Wildman–Crippen LogP) is 2.50. The van der Waals surface area contributed by atoms with Gasteiger partial charge in [0.1, 0.15) is 18.0 Å². The molecular weight excluding hydrogens is 226 g/mol. The zero-order chi connectivity index (χ0) is 12.4. The molecule has 2 N–H and O–H groups in total. The minimum Gasteiger partial charge on any atom is -0.485 e. The highest BCUT2D eigenvalue weighted by atomic mass is 16.5. The molecule has 3 aromatic rings. The molecule has 0 bridgehead atoms. The number of nitrogens with zero attached hydrogens (tertiary/aromatic N) is 2. The van der Waals surface area contributed by atoms with Crippen LogP contribution in [0.2, 0.25) is 0 Å². The van der Waals surface area contributed by atoms with Crippen molar-refractivity contribution in [2.75, 3.05) is 5.73 Å². The molecule has 0 amide bonds. The number of para-hydroxylation sites is 2. The fourth-order valence-electron chi connectivity index (χ4n) is 1.82. The average Bonchev–Trinajstić information content (AvgIpc) is 2.80. The number of ether oxygens (including phenoxy) is 1. The van der Waals surface area contributed by atoms with E-state index in [1.54, 1.807) is 0 Å². The van der Waals surface area contributed by atoms with Gasteiger partial charge in [0.25, 0.3) is 0 Å². The van der Waals surface area contributed by atoms with Crippen LogP contribution in [0.3, 0.4) is 0 Å². The van der Waals surface area contributed by atoms with Gasteiger partial charge in [-0.25, -0.2) is 4.98 Å². The van der Waals surface area contributed by atoms with Crippen LogP contribution in [-0.2, 0) is 6.61 Å². The Morgan fingerprint density at radius 1 is 1.11 bits per heavy atom. The van der Waals surface area contributed by atoms with Gasteiger partial charge in [-0.15, -0.1) is 0 Å². The monoisotopic (exact) mass is 239 g/mol. The number of hydrogen-bond acceptors (Lipinski definition) is 3. The van der Waals surface area contributed by atoms with Crippen molar-refractivity contribution in [1.82, 2.24) is 9.38 Å². The number of anilines is 1. The van der Waals surface area contributed by atoms with E-state index in [1.165, 1.54) is 0 Å². The summed E-state index contributed by atoms with van der Waals surface area (Å²) >= 11 is 0. The Morgan fingerprint density at radius 3 is 2.78 bits per heavy atom. The molecule has 2 aromatic heterocycles. The van der Waals surface area contributed by atoms with Crippen molar-refractivity contribution in [1.29, 1.82) is 0 Å². The van der Waals surface area contributed by atoms with Crippen LogP contribution in [0.25, 0.3) is 5.65 Å². The number of imidazole rings is 1. The normalized spacial score (nSPS) is 10.7. The number of rotatable bonds is 3. The fourth-order valence-corrected chi connectivity index (χ4v) is 1.82. The van der Waals surface area contributed by atoms with Gasteiger partial charge in [0.05, 0.1) is 11.4 Å². The first-order valence-electron chi connectivity index (χ1n) is 5.73. The number of hydrogen-bond donors (Lipinski definition) is 1. The van der Waals surface area contributed by atoms with E-state index in [2.05, 4.69) is 4.98 Å².